The van der Waals surface area contributed by atoms with Crippen LogP contribution in [-0.2, 0) is 11.0 Å². The van der Waals surface area contributed by atoms with E-state index in [-0.39, 0.29) is 29.5 Å². The average molecular weight is 301 g/mol. The predicted octanol–water partition coefficient (Wildman–Crippen LogP) is 2.91. The van der Waals surface area contributed by atoms with Gasteiger partial charge in [-0.15, -0.1) is 0 Å². The van der Waals surface area contributed by atoms with Gasteiger partial charge in [0.2, 0.25) is 5.91 Å². The highest BCUT2D eigenvalue weighted by Crippen LogP contribution is 2.31. The average Bonchev–Trinajstić information content (AvgIpc) is 2.79. The number of carbonyl (C=O) groups is 1. The van der Waals surface area contributed by atoms with Crippen molar-refractivity contribution in [3.05, 3.63) is 24.1 Å². The molecule has 1 aromatic carbocycles. The second-order valence-corrected chi connectivity index (χ2v) is 4.76. The van der Waals surface area contributed by atoms with Gasteiger partial charge >= 0.3 is 12.1 Å². The zero-order valence-electron chi connectivity index (χ0n) is 11.2. The zero-order chi connectivity index (χ0) is 15.6. The van der Waals surface area contributed by atoms with Crippen molar-refractivity contribution in [1.29, 1.82) is 0 Å². The summed E-state index contributed by atoms with van der Waals surface area (Å²) in [6, 6.07) is 4.02. The maximum absolute atomic E-state index is 12.5. The van der Waals surface area contributed by atoms with E-state index in [2.05, 4.69) is 14.7 Å². The summed E-state index contributed by atoms with van der Waals surface area (Å²) in [6.07, 6.45) is -3.88. The van der Waals surface area contributed by atoms with Gasteiger partial charge in [0, 0.05) is 18.2 Å². The first-order chi connectivity index (χ1) is 9.75. The molecule has 1 heterocycles. The number of carbonyl (C=O) groups excluding carboxylic acids is 1. The Labute approximate surface area is 118 Å². The highest BCUT2D eigenvalue weighted by Gasteiger charge is 2.37. The number of rotatable bonds is 4. The van der Waals surface area contributed by atoms with E-state index in [0.717, 1.165) is 0 Å². The lowest BCUT2D eigenvalue weighted by Gasteiger charge is -2.06. The lowest BCUT2D eigenvalue weighted by Crippen LogP contribution is -2.19. The van der Waals surface area contributed by atoms with Crippen LogP contribution in [0.25, 0.3) is 11.1 Å². The molecule has 1 atom stereocenters. The molecule has 0 aliphatic rings. The minimum atomic E-state index is -4.64. The fourth-order valence-electron chi connectivity index (χ4n) is 1.71. The van der Waals surface area contributed by atoms with Crippen molar-refractivity contribution in [2.75, 3.05) is 5.32 Å². The van der Waals surface area contributed by atoms with Gasteiger partial charge in [-0.1, -0.05) is 0 Å². The highest BCUT2D eigenvalue weighted by molar-refractivity contribution is 5.92. The highest BCUT2D eigenvalue weighted by atomic mass is 19.4. The summed E-state index contributed by atoms with van der Waals surface area (Å²) in [5.41, 5.74) is 5.95. The summed E-state index contributed by atoms with van der Waals surface area (Å²) in [5.74, 6) is -1.57. The monoisotopic (exact) mass is 301 g/mol. The van der Waals surface area contributed by atoms with Crippen LogP contribution in [0.4, 0.5) is 18.9 Å². The molecule has 5 nitrogen and oxygen atoms in total. The molecule has 0 radical (unpaired) electrons. The van der Waals surface area contributed by atoms with Gasteiger partial charge in [0.25, 0.3) is 0 Å². The Morgan fingerprint density at radius 2 is 2.19 bits per heavy atom. The quantitative estimate of drug-likeness (QED) is 0.909. The molecule has 21 heavy (non-hydrogen) atoms. The van der Waals surface area contributed by atoms with E-state index in [1.807, 2.05) is 0 Å². The third-order valence-corrected chi connectivity index (χ3v) is 2.74. The molecule has 3 N–H and O–H groups in total. The van der Waals surface area contributed by atoms with Crippen molar-refractivity contribution in [3.8, 4) is 0 Å². The summed E-state index contributed by atoms with van der Waals surface area (Å²) < 4.78 is 42.0. The molecule has 2 rings (SSSR count). The minimum absolute atomic E-state index is 0.0101. The molecule has 2 aromatic rings. The Kier molecular flexibility index (Phi) is 4.17. The molecular formula is C13H14F3N3O2. The Morgan fingerprint density at radius 1 is 1.48 bits per heavy atom. The molecule has 0 aliphatic heterocycles. The number of oxazole rings is 1. The number of alkyl halides is 3. The number of aromatic nitrogens is 1. The molecule has 0 saturated carbocycles. The molecule has 0 bridgehead atoms. The van der Waals surface area contributed by atoms with Crippen LogP contribution < -0.4 is 11.1 Å². The van der Waals surface area contributed by atoms with E-state index in [4.69, 9.17) is 5.73 Å². The van der Waals surface area contributed by atoms with Gasteiger partial charge in [0.15, 0.2) is 5.58 Å². The van der Waals surface area contributed by atoms with Crippen LogP contribution in [0.3, 0.4) is 0 Å². The molecular weight excluding hydrogens is 287 g/mol. The van der Waals surface area contributed by atoms with Gasteiger partial charge in [-0.05, 0) is 31.5 Å². The summed E-state index contributed by atoms with van der Waals surface area (Å²) in [4.78, 5) is 15.0. The molecule has 0 aliphatic carbocycles. The van der Waals surface area contributed by atoms with Gasteiger partial charge in [-0.3, -0.25) is 4.79 Å². The minimum Gasteiger partial charge on any atom is -0.433 e. The number of benzene rings is 1. The van der Waals surface area contributed by atoms with E-state index in [1.165, 1.54) is 18.2 Å². The number of hydrogen-bond acceptors (Lipinski definition) is 4. The van der Waals surface area contributed by atoms with Crippen molar-refractivity contribution < 1.29 is 22.4 Å². The van der Waals surface area contributed by atoms with E-state index in [0.29, 0.717) is 12.1 Å². The summed E-state index contributed by atoms with van der Waals surface area (Å²) in [7, 11) is 0. The third kappa shape index (κ3) is 3.94. The summed E-state index contributed by atoms with van der Waals surface area (Å²) >= 11 is 0. The van der Waals surface area contributed by atoms with Crippen molar-refractivity contribution in [3.63, 3.8) is 0 Å². The number of nitrogens with zero attached hydrogens (tertiary/aromatic N) is 1. The number of nitrogens with two attached hydrogens (primary N) is 1. The van der Waals surface area contributed by atoms with Gasteiger partial charge in [-0.25, -0.2) is 4.98 Å². The Balaban J connectivity index is 2.13. The number of hydrogen-bond donors (Lipinski definition) is 2. The van der Waals surface area contributed by atoms with Gasteiger partial charge in [0.1, 0.15) is 5.52 Å². The first kappa shape index (κ1) is 15.3. The van der Waals surface area contributed by atoms with E-state index >= 15 is 0 Å². The Bertz CT molecular complexity index is 650. The number of amides is 1. The van der Waals surface area contributed by atoms with Gasteiger partial charge in [-0.2, -0.15) is 13.2 Å². The molecule has 1 unspecified atom stereocenters. The first-order valence-corrected chi connectivity index (χ1v) is 6.29. The SMILES string of the molecule is CC(N)CCC(=O)Nc1ccc2oc(C(F)(F)F)nc2c1. The Hall–Kier alpha value is -2.09. The van der Waals surface area contributed by atoms with Gasteiger partial charge in [0.05, 0.1) is 0 Å². The van der Waals surface area contributed by atoms with Crippen molar-refractivity contribution >= 4 is 22.7 Å². The number of halogens is 3. The van der Waals surface area contributed by atoms with E-state index < -0.39 is 12.1 Å². The second-order valence-electron chi connectivity index (χ2n) is 4.76. The molecule has 8 heteroatoms. The van der Waals surface area contributed by atoms with Crippen molar-refractivity contribution in [2.24, 2.45) is 5.73 Å². The van der Waals surface area contributed by atoms with Crippen LogP contribution in [0.5, 0.6) is 0 Å². The van der Waals surface area contributed by atoms with Crippen molar-refractivity contribution in [1.82, 2.24) is 4.98 Å². The molecule has 0 spiro atoms. The second kappa shape index (κ2) is 5.72. The number of nitrogens with one attached hydrogen (secondary N) is 1. The fraction of sp³-hybridized carbons (Fsp3) is 0.385. The molecule has 114 valence electrons. The first-order valence-electron chi connectivity index (χ1n) is 6.29. The lowest BCUT2D eigenvalue weighted by molar-refractivity contribution is -0.156. The topological polar surface area (TPSA) is 81.2 Å². The summed E-state index contributed by atoms with van der Waals surface area (Å²) in [6.45, 7) is 1.79. The van der Waals surface area contributed by atoms with Crippen molar-refractivity contribution in [2.45, 2.75) is 32.0 Å². The maximum Gasteiger partial charge on any atom is 0.468 e. The largest absolute Gasteiger partial charge is 0.468 e. The normalized spacial score (nSPS) is 13.4. The van der Waals surface area contributed by atoms with Crippen LogP contribution >= 0.6 is 0 Å². The fourth-order valence-corrected chi connectivity index (χ4v) is 1.71. The molecule has 0 fully saturated rings. The summed E-state index contributed by atoms with van der Waals surface area (Å²) in [5, 5.41) is 2.58. The molecule has 1 amide bonds. The lowest BCUT2D eigenvalue weighted by atomic mass is 10.2. The number of fused-ring (bicyclic) bond motifs is 1. The van der Waals surface area contributed by atoms with Crippen LogP contribution in [0.1, 0.15) is 25.7 Å². The zero-order valence-corrected chi connectivity index (χ0v) is 11.2. The van der Waals surface area contributed by atoms with Crippen LogP contribution in [0, 0.1) is 0 Å². The van der Waals surface area contributed by atoms with Crippen LogP contribution in [0.2, 0.25) is 0 Å². The van der Waals surface area contributed by atoms with Gasteiger partial charge < -0.3 is 15.5 Å². The van der Waals surface area contributed by atoms with E-state index in [9.17, 15) is 18.0 Å². The standard InChI is InChI=1S/C13H14F3N3O2/c1-7(17)2-5-11(20)18-8-3-4-10-9(6-8)19-12(21-10)13(14,15)16/h3-4,6-7H,2,5,17H2,1H3,(H,18,20). The molecule has 0 saturated heterocycles. The predicted molar refractivity (Wildman–Crippen MR) is 70.5 cm³/mol. The third-order valence-electron chi connectivity index (χ3n) is 2.74. The molecule has 1 aromatic heterocycles. The van der Waals surface area contributed by atoms with Crippen LogP contribution in [-0.4, -0.2) is 16.9 Å². The van der Waals surface area contributed by atoms with E-state index in [1.54, 1.807) is 6.92 Å². The maximum atomic E-state index is 12.5. The smallest absolute Gasteiger partial charge is 0.433 e. The number of anilines is 1. The Morgan fingerprint density at radius 3 is 2.81 bits per heavy atom. The van der Waals surface area contributed by atoms with Crippen LogP contribution in [0.15, 0.2) is 22.6 Å².